The first-order valence-corrected chi connectivity index (χ1v) is 9.03. The quantitative estimate of drug-likeness (QED) is 0.688. The van der Waals surface area contributed by atoms with Gasteiger partial charge >= 0.3 is 6.18 Å². The summed E-state index contributed by atoms with van der Waals surface area (Å²) in [7, 11) is 1.53. The standard InChI is InChI=1S/C20H22F3NO5/c1-13-7-14(29-12-20(21,22)23)3-4-17(13)18-8-15(25-2)9-19(24-18)28-11-16-10-26-5-6-27-16/h3-4,7-9,16H,5-6,10-12H2,1-2H3. The molecule has 158 valence electrons. The van der Waals surface area contributed by atoms with E-state index in [2.05, 4.69) is 4.98 Å². The number of nitrogens with zero attached hydrogens (tertiary/aromatic N) is 1. The molecule has 1 aliphatic heterocycles. The highest BCUT2D eigenvalue weighted by Gasteiger charge is 2.28. The van der Waals surface area contributed by atoms with Crippen LogP contribution in [0.3, 0.4) is 0 Å². The fraction of sp³-hybridized carbons (Fsp3) is 0.450. The Labute approximate surface area is 166 Å². The van der Waals surface area contributed by atoms with Crippen molar-refractivity contribution in [3.8, 4) is 28.6 Å². The topological polar surface area (TPSA) is 59.0 Å². The molecule has 3 rings (SSSR count). The zero-order chi connectivity index (χ0) is 20.9. The summed E-state index contributed by atoms with van der Waals surface area (Å²) in [5.74, 6) is 1.03. The molecule has 9 heteroatoms. The average Bonchev–Trinajstić information content (AvgIpc) is 2.71. The lowest BCUT2D eigenvalue weighted by molar-refractivity contribution is -0.153. The number of ether oxygens (including phenoxy) is 5. The van der Waals surface area contributed by atoms with Gasteiger partial charge in [0.1, 0.15) is 24.2 Å². The van der Waals surface area contributed by atoms with Crippen LogP contribution in [-0.2, 0) is 9.47 Å². The van der Waals surface area contributed by atoms with E-state index in [0.29, 0.717) is 42.7 Å². The molecule has 1 fully saturated rings. The van der Waals surface area contributed by atoms with E-state index in [4.69, 9.17) is 23.7 Å². The van der Waals surface area contributed by atoms with Gasteiger partial charge in [0.2, 0.25) is 5.88 Å². The van der Waals surface area contributed by atoms with Crippen LogP contribution in [0, 0.1) is 6.92 Å². The van der Waals surface area contributed by atoms with Crippen molar-refractivity contribution in [2.45, 2.75) is 19.2 Å². The minimum absolute atomic E-state index is 0.136. The minimum atomic E-state index is -4.39. The van der Waals surface area contributed by atoms with E-state index in [1.54, 1.807) is 25.1 Å². The third-order valence-electron chi connectivity index (χ3n) is 4.19. The maximum absolute atomic E-state index is 12.3. The third kappa shape index (κ3) is 6.23. The third-order valence-corrected chi connectivity index (χ3v) is 4.19. The fourth-order valence-corrected chi connectivity index (χ4v) is 2.80. The van der Waals surface area contributed by atoms with Crippen LogP contribution in [0.4, 0.5) is 13.2 Å². The Kier molecular flexibility index (Phi) is 6.81. The Morgan fingerprint density at radius 1 is 1.10 bits per heavy atom. The van der Waals surface area contributed by atoms with Gasteiger partial charge in [0.25, 0.3) is 0 Å². The van der Waals surface area contributed by atoms with Crippen molar-refractivity contribution in [2.24, 2.45) is 0 Å². The molecule has 1 unspecified atom stereocenters. The minimum Gasteiger partial charge on any atom is -0.496 e. The maximum Gasteiger partial charge on any atom is 0.422 e. The molecule has 1 saturated heterocycles. The van der Waals surface area contributed by atoms with Gasteiger partial charge in [-0.25, -0.2) is 4.98 Å². The summed E-state index contributed by atoms with van der Waals surface area (Å²) < 4.78 is 63.8. The number of hydrogen-bond donors (Lipinski definition) is 0. The van der Waals surface area contributed by atoms with E-state index in [1.165, 1.54) is 19.2 Å². The summed E-state index contributed by atoms with van der Waals surface area (Å²) in [6.45, 7) is 2.25. The molecule has 1 atom stereocenters. The van der Waals surface area contributed by atoms with Gasteiger partial charge in [-0.2, -0.15) is 13.2 Å². The van der Waals surface area contributed by atoms with Crippen LogP contribution in [0.2, 0.25) is 0 Å². The Hall–Kier alpha value is -2.52. The lowest BCUT2D eigenvalue weighted by atomic mass is 10.0. The van der Waals surface area contributed by atoms with Gasteiger partial charge in [-0.1, -0.05) is 0 Å². The molecule has 0 radical (unpaired) electrons. The van der Waals surface area contributed by atoms with Crippen molar-refractivity contribution < 1.29 is 36.9 Å². The number of hydrogen-bond acceptors (Lipinski definition) is 6. The van der Waals surface area contributed by atoms with Gasteiger partial charge in [-0.3, -0.25) is 0 Å². The zero-order valence-electron chi connectivity index (χ0n) is 16.1. The lowest BCUT2D eigenvalue weighted by Gasteiger charge is -2.22. The second kappa shape index (κ2) is 9.32. The maximum atomic E-state index is 12.3. The molecular weight excluding hydrogens is 391 g/mol. The molecule has 0 amide bonds. The number of methoxy groups -OCH3 is 1. The molecule has 0 spiro atoms. The Morgan fingerprint density at radius 3 is 2.59 bits per heavy atom. The second-order valence-electron chi connectivity index (χ2n) is 6.49. The van der Waals surface area contributed by atoms with E-state index < -0.39 is 12.8 Å². The van der Waals surface area contributed by atoms with Crippen LogP contribution >= 0.6 is 0 Å². The Bertz CT molecular complexity index is 822. The zero-order valence-corrected chi connectivity index (χ0v) is 16.1. The first kappa shape index (κ1) is 21.2. The van der Waals surface area contributed by atoms with E-state index in [1.807, 2.05) is 0 Å². The monoisotopic (exact) mass is 413 g/mol. The molecule has 2 heterocycles. The molecule has 0 bridgehead atoms. The van der Waals surface area contributed by atoms with Crippen LogP contribution in [0.5, 0.6) is 17.4 Å². The summed E-state index contributed by atoms with van der Waals surface area (Å²) >= 11 is 0. The lowest BCUT2D eigenvalue weighted by Crippen LogP contribution is -2.33. The summed E-state index contributed by atoms with van der Waals surface area (Å²) in [6.07, 6.45) is -4.56. The molecule has 1 aromatic heterocycles. The van der Waals surface area contributed by atoms with E-state index in [0.717, 1.165) is 5.56 Å². The molecule has 0 aliphatic carbocycles. The van der Waals surface area contributed by atoms with E-state index >= 15 is 0 Å². The van der Waals surface area contributed by atoms with Gasteiger partial charge in [-0.05, 0) is 30.7 Å². The van der Waals surface area contributed by atoms with E-state index in [9.17, 15) is 13.2 Å². The molecular formula is C20H22F3NO5. The van der Waals surface area contributed by atoms with Crippen molar-refractivity contribution in [2.75, 3.05) is 40.1 Å². The van der Waals surface area contributed by atoms with Gasteiger partial charge in [0.05, 0.1) is 32.6 Å². The summed E-state index contributed by atoms with van der Waals surface area (Å²) in [6, 6.07) is 8.05. The van der Waals surface area contributed by atoms with Crippen molar-refractivity contribution in [1.29, 1.82) is 0 Å². The first-order valence-electron chi connectivity index (χ1n) is 9.03. The summed E-state index contributed by atoms with van der Waals surface area (Å²) in [5, 5.41) is 0. The largest absolute Gasteiger partial charge is 0.496 e. The van der Waals surface area contributed by atoms with Crippen LogP contribution in [0.1, 0.15) is 5.56 Å². The summed E-state index contributed by atoms with van der Waals surface area (Å²) in [4.78, 5) is 4.49. The van der Waals surface area contributed by atoms with Crippen molar-refractivity contribution in [1.82, 2.24) is 4.98 Å². The number of rotatable bonds is 7. The SMILES string of the molecule is COc1cc(OCC2COCCO2)nc(-c2ccc(OCC(F)(F)F)cc2C)c1. The first-order chi connectivity index (χ1) is 13.8. The van der Waals surface area contributed by atoms with Crippen molar-refractivity contribution in [3.05, 3.63) is 35.9 Å². The number of aryl methyl sites for hydroxylation is 1. The van der Waals surface area contributed by atoms with Crippen LogP contribution in [-0.4, -0.2) is 57.4 Å². The number of pyridine rings is 1. The Balaban J connectivity index is 1.76. The normalized spacial score (nSPS) is 17.1. The summed E-state index contributed by atoms with van der Waals surface area (Å²) in [5.41, 5.74) is 2.01. The number of aromatic nitrogens is 1. The average molecular weight is 413 g/mol. The van der Waals surface area contributed by atoms with Gasteiger partial charge in [-0.15, -0.1) is 0 Å². The van der Waals surface area contributed by atoms with Gasteiger partial charge in [0.15, 0.2) is 6.61 Å². The fourth-order valence-electron chi connectivity index (χ4n) is 2.80. The number of alkyl halides is 3. The van der Waals surface area contributed by atoms with Gasteiger partial charge in [0, 0.05) is 17.7 Å². The highest BCUT2D eigenvalue weighted by Crippen LogP contribution is 2.31. The number of benzene rings is 1. The van der Waals surface area contributed by atoms with Crippen LogP contribution < -0.4 is 14.2 Å². The molecule has 29 heavy (non-hydrogen) atoms. The predicted octanol–water partition coefficient (Wildman–Crippen LogP) is 3.80. The smallest absolute Gasteiger partial charge is 0.422 e. The molecule has 1 aromatic carbocycles. The predicted molar refractivity (Wildman–Crippen MR) is 98.6 cm³/mol. The molecule has 6 nitrogen and oxygen atoms in total. The van der Waals surface area contributed by atoms with Crippen LogP contribution in [0.15, 0.2) is 30.3 Å². The Morgan fingerprint density at radius 2 is 1.93 bits per heavy atom. The van der Waals surface area contributed by atoms with Crippen molar-refractivity contribution >= 4 is 0 Å². The van der Waals surface area contributed by atoms with Crippen molar-refractivity contribution in [3.63, 3.8) is 0 Å². The second-order valence-corrected chi connectivity index (χ2v) is 6.49. The highest BCUT2D eigenvalue weighted by atomic mass is 19.4. The molecule has 2 aromatic rings. The number of halogens is 3. The van der Waals surface area contributed by atoms with Crippen LogP contribution in [0.25, 0.3) is 11.3 Å². The van der Waals surface area contributed by atoms with Gasteiger partial charge < -0.3 is 23.7 Å². The van der Waals surface area contributed by atoms with E-state index in [-0.39, 0.29) is 18.5 Å². The highest BCUT2D eigenvalue weighted by molar-refractivity contribution is 5.66. The molecule has 0 N–H and O–H groups in total. The molecule has 1 aliphatic rings. The molecule has 0 saturated carbocycles.